The number of aryl methyl sites for hydroxylation is 1. The highest BCUT2D eigenvalue weighted by molar-refractivity contribution is 7.89. The summed E-state index contributed by atoms with van der Waals surface area (Å²) in [6.45, 7) is 2.49. The number of ether oxygens (including phenoxy) is 1. The van der Waals surface area contributed by atoms with E-state index in [0.717, 1.165) is 5.56 Å². The summed E-state index contributed by atoms with van der Waals surface area (Å²) < 4.78 is 38.6. The number of nitrogens with zero attached hydrogens (tertiary/aromatic N) is 2. The minimum Gasteiger partial charge on any atom is -0.497 e. The fourth-order valence-electron chi connectivity index (χ4n) is 2.76. The molecule has 0 fully saturated rings. The van der Waals surface area contributed by atoms with Crippen molar-refractivity contribution in [1.82, 2.24) is 8.87 Å². The Kier molecular flexibility index (Phi) is 4.88. The van der Waals surface area contributed by atoms with Gasteiger partial charge in [-0.2, -0.15) is 4.31 Å². The van der Waals surface area contributed by atoms with Crippen LogP contribution in [0.15, 0.2) is 56.6 Å². The molecule has 3 rings (SSSR count). The molecule has 0 saturated heterocycles. The molecular formula is C18H20N2O5S. The van der Waals surface area contributed by atoms with Gasteiger partial charge in [-0.1, -0.05) is 12.1 Å². The molecule has 0 amide bonds. The van der Waals surface area contributed by atoms with Crippen molar-refractivity contribution in [3.8, 4) is 5.75 Å². The zero-order valence-corrected chi connectivity index (χ0v) is 15.6. The number of hydrogen-bond donors (Lipinski definition) is 0. The van der Waals surface area contributed by atoms with Crippen LogP contribution in [0.2, 0.25) is 0 Å². The third-order valence-electron chi connectivity index (χ3n) is 4.23. The van der Waals surface area contributed by atoms with Crippen LogP contribution in [0.1, 0.15) is 12.5 Å². The van der Waals surface area contributed by atoms with Crippen LogP contribution >= 0.6 is 0 Å². The maximum Gasteiger partial charge on any atom is 0.419 e. The number of methoxy groups -OCH3 is 1. The van der Waals surface area contributed by atoms with E-state index in [0.29, 0.717) is 17.8 Å². The van der Waals surface area contributed by atoms with E-state index < -0.39 is 15.8 Å². The maximum atomic E-state index is 12.8. The molecule has 0 atom stereocenters. The fourth-order valence-corrected chi connectivity index (χ4v) is 3.93. The highest BCUT2D eigenvalue weighted by Crippen LogP contribution is 2.22. The van der Waals surface area contributed by atoms with E-state index >= 15 is 0 Å². The molecule has 138 valence electrons. The molecule has 0 aliphatic carbocycles. The van der Waals surface area contributed by atoms with Crippen molar-refractivity contribution >= 4 is 21.1 Å². The summed E-state index contributed by atoms with van der Waals surface area (Å²) in [5, 5.41) is 0. The lowest BCUT2D eigenvalue weighted by molar-refractivity contribution is 0.414. The zero-order valence-electron chi connectivity index (χ0n) is 14.8. The molecule has 1 aromatic heterocycles. The second kappa shape index (κ2) is 6.97. The third-order valence-corrected chi connectivity index (χ3v) is 6.03. The Labute approximate surface area is 151 Å². The standard InChI is InChI=1S/C18H20N2O5S/c1-4-20-16-10-9-15(11-17(16)25-18(20)21)26(22,23)19(2)12-13-5-7-14(24-3)8-6-13/h5-11H,4,12H2,1-3H3. The van der Waals surface area contributed by atoms with Gasteiger partial charge in [-0.25, -0.2) is 13.2 Å². The van der Waals surface area contributed by atoms with Gasteiger partial charge < -0.3 is 9.15 Å². The highest BCUT2D eigenvalue weighted by Gasteiger charge is 2.22. The van der Waals surface area contributed by atoms with Gasteiger partial charge in [0.05, 0.1) is 17.5 Å². The first-order chi connectivity index (χ1) is 12.4. The molecule has 8 heteroatoms. The van der Waals surface area contributed by atoms with Gasteiger partial charge >= 0.3 is 5.76 Å². The Bertz CT molecular complexity index is 1080. The van der Waals surface area contributed by atoms with Crippen molar-refractivity contribution in [2.24, 2.45) is 0 Å². The molecule has 0 N–H and O–H groups in total. The van der Waals surface area contributed by atoms with Crippen LogP contribution in [-0.2, 0) is 23.1 Å². The molecule has 0 unspecified atom stereocenters. The molecule has 0 bridgehead atoms. The van der Waals surface area contributed by atoms with E-state index in [1.807, 2.05) is 19.1 Å². The Balaban J connectivity index is 1.90. The van der Waals surface area contributed by atoms with Crippen molar-refractivity contribution in [1.29, 1.82) is 0 Å². The van der Waals surface area contributed by atoms with E-state index in [1.165, 1.54) is 28.1 Å². The van der Waals surface area contributed by atoms with Crippen LogP contribution < -0.4 is 10.5 Å². The maximum absolute atomic E-state index is 12.8. The number of sulfonamides is 1. The minimum absolute atomic E-state index is 0.0815. The van der Waals surface area contributed by atoms with Crippen LogP contribution in [0.4, 0.5) is 0 Å². The number of rotatable bonds is 6. The van der Waals surface area contributed by atoms with Gasteiger partial charge in [0.2, 0.25) is 10.0 Å². The van der Waals surface area contributed by atoms with Gasteiger partial charge in [0.25, 0.3) is 0 Å². The topological polar surface area (TPSA) is 81.8 Å². The molecule has 0 aliphatic rings. The molecule has 0 aliphatic heterocycles. The normalized spacial score (nSPS) is 12.0. The first-order valence-electron chi connectivity index (χ1n) is 8.09. The monoisotopic (exact) mass is 376 g/mol. The molecule has 0 radical (unpaired) electrons. The predicted octanol–water partition coefficient (Wildman–Crippen LogP) is 2.44. The van der Waals surface area contributed by atoms with E-state index in [9.17, 15) is 13.2 Å². The van der Waals surface area contributed by atoms with Gasteiger partial charge in [-0.15, -0.1) is 0 Å². The lowest BCUT2D eigenvalue weighted by Crippen LogP contribution is -2.26. The largest absolute Gasteiger partial charge is 0.497 e. The number of aromatic nitrogens is 1. The average molecular weight is 376 g/mol. The summed E-state index contributed by atoms with van der Waals surface area (Å²) >= 11 is 0. The Morgan fingerprint density at radius 1 is 1.15 bits per heavy atom. The molecular weight excluding hydrogens is 356 g/mol. The molecule has 3 aromatic rings. The SMILES string of the molecule is CCn1c(=O)oc2cc(S(=O)(=O)N(C)Cc3ccc(OC)cc3)ccc21. The lowest BCUT2D eigenvalue weighted by atomic mass is 10.2. The van der Waals surface area contributed by atoms with E-state index in [2.05, 4.69) is 0 Å². The van der Waals surface area contributed by atoms with Crippen LogP contribution in [0.25, 0.3) is 11.1 Å². The molecule has 7 nitrogen and oxygen atoms in total. The van der Waals surface area contributed by atoms with Crippen molar-refractivity contribution in [3.63, 3.8) is 0 Å². The molecule has 0 spiro atoms. The summed E-state index contributed by atoms with van der Waals surface area (Å²) in [6, 6.07) is 11.7. The summed E-state index contributed by atoms with van der Waals surface area (Å²) in [5.41, 5.74) is 1.67. The lowest BCUT2D eigenvalue weighted by Gasteiger charge is -2.17. The second-order valence-corrected chi connectivity index (χ2v) is 7.90. The van der Waals surface area contributed by atoms with Crippen LogP contribution in [0.5, 0.6) is 5.75 Å². The average Bonchev–Trinajstić information content (AvgIpc) is 2.96. The van der Waals surface area contributed by atoms with Gasteiger partial charge in [0.1, 0.15) is 5.75 Å². The zero-order chi connectivity index (χ0) is 18.9. The van der Waals surface area contributed by atoms with Crippen LogP contribution in [-0.4, -0.2) is 31.4 Å². The second-order valence-electron chi connectivity index (χ2n) is 5.85. The van der Waals surface area contributed by atoms with Crippen molar-refractivity contribution in [3.05, 3.63) is 58.6 Å². The first-order valence-corrected chi connectivity index (χ1v) is 9.53. The first kappa shape index (κ1) is 18.2. The highest BCUT2D eigenvalue weighted by atomic mass is 32.2. The van der Waals surface area contributed by atoms with Gasteiger partial charge in [0, 0.05) is 26.2 Å². The summed E-state index contributed by atoms with van der Waals surface area (Å²) in [4.78, 5) is 11.9. The third kappa shape index (κ3) is 3.25. The molecule has 2 aromatic carbocycles. The van der Waals surface area contributed by atoms with Crippen molar-refractivity contribution in [2.45, 2.75) is 24.9 Å². The van der Waals surface area contributed by atoms with Crippen LogP contribution in [0.3, 0.4) is 0 Å². The van der Waals surface area contributed by atoms with E-state index in [4.69, 9.17) is 9.15 Å². The van der Waals surface area contributed by atoms with Crippen molar-refractivity contribution < 1.29 is 17.6 Å². The fraction of sp³-hybridized carbons (Fsp3) is 0.278. The van der Waals surface area contributed by atoms with Crippen molar-refractivity contribution in [2.75, 3.05) is 14.2 Å². The number of hydrogen-bond acceptors (Lipinski definition) is 5. The van der Waals surface area contributed by atoms with Gasteiger partial charge in [0.15, 0.2) is 5.58 Å². The summed E-state index contributed by atoms with van der Waals surface area (Å²) in [7, 11) is -0.637. The Morgan fingerprint density at radius 2 is 1.85 bits per heavy atom. The quantitative estimate of drug-likeness (QED) is 0.660. The smallest absolute Gasteiger partial charge is 0.419 e. The van der Waals surface area contributed by atoms with Crippen LogP contribution in [0, 0.1) is 0 Å². The van der Waals surface area contributed by atoms with E-state index in [-0.39, 0.29) is 17.0 Å². The Hall–Kier alpha value is -2.58. The molecule has 1 heterocycles. The summed E-state index contributed by atoms with van der Waals surface area (Å²) in [5.74, 6) is 0.212. The van der Waals surface area contributed by atoms with E-state index in [1.54, 1.807) is 25.3 Å². The van der Waals surface area contributed by atoms with Gasteiger partial charge in [-0.05, 0) is 36.8 Å². The Morgan fingerprint density at radius 3 is 2.46 bits per heavy atom. The predicted molar refractivity (Wildman–Crippen MR) is 97.8 cm³/mol. The number of fused-ring (bicyclic) bond motifs is 1. The number of oxazole rings is 1. The minimum atomic E-state index is -3.72. The molecule has 0 saturated carbocycles. The van der Waals surface area contributed by atoms with Gasteiger partial charge in [-0.3, -0.25) is 4.57 Å². The number of benzene rings is 2. The molecule has 26 heavy (non-hydrogen) atoms. The summed E-state index contributed by atoms with van der Waals surface area (Å²) in [6.07, 6.45) is 0.